The van der Waals surface area contributed by atoms with E-state index in [1.807, 2.05) is 13.0 Å². The van der Waals surface area contributed by atoms with Crippen molar-refractivity contribution in [2.75, 3.05) is 0 Å². The first kappa shape index (κ1) is 8.25. The molecule has 0 spiro atoms. The highest BCUT2D eigenvalue weighted by molar-refractivity contribution is 6.04. The third-order valence-corrected chi connectivity index (χ3v) is 2.09. The lowest BCUT2D eigenvalue weighted by molar-refractivity contribution is -0.111. The Morgan fingerprint density at radius 2 is 2.09 bits per heavy atom. The summed E-state index contributed by atoms with van der Waals surface area (Å²) in [5.74, 6) is 0.684. The molecule has 60 valence electrons. The van der Waals surface area contributed by atoms with Gasteiger partial charge in [-0.1, -0.05) is 25.5 Å². The number of carbonyl (C=O) groups excluding carboxylic acids is 1. The standard InChI is InChI=1S/C10H14O/c1-7(2)9-5-4-8(3)10(11)6-9/h4,6-7H,5H2,1-3H3. The monoisotopic (exact) mass is 150 g/mol. The quantitative estimate of drug-likeness (QED) is 0.561. The molecule has 1 nitrogen and oxygen atoms in total. The minimum Gasteiger partial charge on any atom is -0.290 e. The van der Waals surface area contributed by atoms with E-state index in [-0.39, 0.29) is 5.78 Å². The summed E-state index contributed by atoms with van der Waals surface area (Å²) in [5, 5.41) is 0. The number of carbonyl (C=O) groups is 1. The van der Waals surface area contributed by atoms with Crippen molar-refractivity contribution in [1.82, 2.24) is 0 Å². The maximum absolute atomic E-state index is 11.2. The molecular weight excluding hydrogens is 136 g/mol. The van der Waals surface area contributed by atoms with Crippen LogP contribution in [-0.4, -0.2) is 5.78 Å². The zero-order valence-corrected chi connectivity index (χ0v) is 7.35. The SMILES string of the molecule is CC1=CCC(C(C)C)=CC1=O. The molecule has 0 amide bonds. The number of hydrogen-bond acceptors (Lipinski definition) is 1. The molecule has 0 heterocycles. The topological polar surface area (TPSA) is 17.1 Å². The van der Waals surface area contributed by atoms with E-state index < -0.39 is 0 Å². The van der Waals surface area contributed by atoms with Gasteiger partial charge in [-0.2, -0.15) is 0 Å². The fraction of sp³-hybridized carbons (Fsp3) is 0.500. The van der Waals surface area contributed by atoms with E-state index in [0.717, 1.165) is 12.0 Å². The highest BCUT2D eigenvalue weighted by Gasteiger charge is 2.11. The van der Waals surface area contributed by atoms with Crippen molar-refractivity contribution in [2.24, 2.45) is 5.92 Å². The van der Waals surface area contributed by atoms with Gasteiger partial charge >= 0.3 is 0 Å². The lowest BCUT2D eigenvalue weighted by Gasteiger charge is -2.13. The van der Waals surface area contributed by atoms with Crippen LogP contribution in [0, 0.1) is 5.92 Å². The number of hydrogen-bond donors (Lipinski definition) is 0. The second-order valence-corrected chi connectivity index (χ2v) is 3.33. The van der Waals surface area contributed by atoms with Gasteiger partial charge in [0.15, 0.2) is 5.78 Å². The second kappa shape index (κ2) is 3.04. The Labute approximate surface area is 67.8 Å². The normalized spacial score (nSPS) is 18.4. The first-order valence-electron chi connectivity index (χ1n) is 4.03. The van der Waals surface area contributed by atoms with Crippen LogP contribution in [0.3, 0.4) is 0 Å². The maximum Gasteiger partial charge on any atom is 0.181 e. The van der Waals surface area contributed by atoms with Gasteiger partial charge in [0.05, 0.1) is 0 Å². The summed E-state index contributed by atoms with van der Waals surface area (Å²) in [6, 6.07) is 0. The number of allylic oxidation sites excluding steroid dienone is 4. The Kier molecular flexibility index (Phi) is 2.28. The summed E-state index contributed by atoms with van der Waals surface area (Å²) in [6.07, 6.45) is 4.74. The summed E-state index contributed by atoms with van der Waals surface area (Å²) in [5.41, 5.74) is 2.13. The molecule has 0 N–H and O–H groups in total. The number of rotatable bonds is 1. The van der Waals surface area contributed by atoms with Crippen LogP contribution < -0.4 is 0 Å². The third kappa shape index (κ3) is 1.79. The van der Waals surface area contributed by atoms with Crippen LogP contribution in [0.5, 0.6) is 0 Å². The van der Waals surface area contributed by atoms with Crippen LogP contribution in [-0.2, 0) is 4.79 Å². The Morgan fingerprint density at radius 3 is 2.55 bits per heavy atom. The molecule has 0 aromatic carbocycles. The molecule has 0 aliphatic heterocycles. The average Bonchev–Trinajstić information content (AvgIpc) is 1.94. The molecule has 0 bridgehead atoms. The van der Waals surface area contributed by atoms with Crippen molar-refractivity contribution < 1.29 is 4.79 Å². The summed E-state index contributed by atoms with van der Waals surface area (Å²) in [7, 11) is 0. The van der Waals surface area contributed by atoms with Crippen LogP contribution in [0.2, 0.25) is 0 Å². The first-order chi connectivity index (χ1) is 5.11. The minimum atomic E-state index is 0.181. The Balaban J connectivity index is 2.78. The van der Waals surface area contributed by atoms with Crippen LogP contribution in [0.4, 0.5) is 0 Å². The molecule has 1 aliphatic rings. The Hall–Kier alpha value is -0.850. The molecule has 0 unspecified atom stereocenters. The summed E-state index contributed by atoms with van der Waals surface area (Å²) >= 11 is 0. The van der Waals surface area contributed by atoms with E-state index in [1.165, 1.54) is 5.57 Å². The second-order valence-electron chi connectivity index (χ2n) is 3.33. The average molecular weight is 150 g/mol. The first-order valence-corrected chi connectivity index (χ1v) is 4.03. The highest BCUT2D eigenvalue weighted by Crippen LogP contribution is 2.20. The fourth-order valence-electron chi connectivity index (χ4n) is 1.12. The molecule has 0 saturated heterocycles. The highest BCUT2D eigenvalue weighted by atomic mass is 16.1. The predicted octanol–water partition coefficient (Wildman–Crippen LogP) is 2.49. The van der Waals surface area contributed by atoms with Crippen molar-refractivity contribution in [1.29, 1.82) is 0 Å². The summed E-state index contributed by atoms with van der Waals surface area (Å²) in [6.45, 7) is 6.11. The molecule has 1 heteroatoms. The smallest absolute Gasteiger partial charge is 0.181 e. The van der Waals surface area contributed by atoms with E-state index in [2.05, 4.69) is 13.8 Å². The molecule has 1 aliphatic carbocycles. The summed E-state index contributed by atoms with van der Waals surface area (Å²) in [4.78, 5) is 11.2. The maximum atomic E-state index is 11.2. The number of ketones is 1. The van der Waals surface area contributed by atoms with E-state index in [0.29, 0.717) is 5.92 Å². The molecular formula is C10H14O. The Morgan fingerprint density at radius 1 is 1.45 bits per heavy atom. The minimum absolute atomic E-state index is 0.181. The molecule has 0 fully saturated rings. The largest absolute Gasteiger partial charge is 0.290 e. The molecule has 1 rings (SSSR count). The molecule has 0 saturated carbocycles. The fourth-order valence-corrected chi connectivity index (χ4v) is 1.12. The van der Waals surface area contributed by atoms with Gasteiger partial charge in [0.25, 0.3) is 0 Å². The molecule has 0 atom stereocenters. The summed E-state index contributed by atoms with van der Waals surface area (Å²) < 4.78 is 0. The van der Waals surface area contributed by atoms with Crippen molar-refractivity contribution in [3.63, 3.8) is 0 Å². The van der Waals surface area contributed by atoms with Gasteiger partial charge in [0.1, 0.15) is 0 Å². The van der Waals surface area contributed by atoms with E-state index in [4.69, 9.17) is 0 Å². The van der Waals surface area contributed by atoms with Crippen molar-refractivity contribution >= 4 is 5.78 Å². The Bertz CT molecular complexity index is 231. The van der Waals surface area contributed by atoms with Crippen molar-refractivity contribution in [3.05, 3.63) is 23.3 Å². The van der Waals surface area contributed by atoms with E-state index >= 15 is 0 Å². The van der Waals surface area contributed by atoms with Gasteiger partial charge in [-0.05, 0) is 30.9 Å². The van der Waals surface area contributed by atoms with Crippen molar-refractivity contribution in [2.45, 2.75) is 27.2 Å². The predicted molar refractivity (Wildman–Crippen MR) is 46.3 cm³/mol. The van der Waals surface area contributed by atoms with Gasteiger partial charge in [-0.15, -0.1) is 0 Å². The zero-order valence-electron chi connectivity index (χ0n) is 7.35. The zero-order chi connectivity index (χ0) is 8.43. The van der Waals surface area contributed by atoms with Gasteiger partial charge in [0.2, 0.25) is 0 Å². The van der Waals surface area contributed by atoms with Crippen molar-refractivity contribution in [3.8, 4) is 0 Å². The van der Waals surface area contributed by atoms with Gasteiger partial charge in [0, 0.05) is 0 Å². The molecule has 0 aromatic rings. The van der Waals surface area contributed by atoms with Crippen LogP contribution in [0.15, 0.2) is 23.3 Å². The van der Waals surface area contributed by atoms with Gasteiger partial charge in [-0.25, -0.2) is 0 Å². The van der Waals surface area contributed by atoms with E-state index in [1.54, 1.807) is 6.08 Å². The molecule has 0 radical (unpaired) electrons. The van der Waals surface area contributed by atoms with Crippen LogP contribution >= 0.6 is 0 Å². The van der Waals surface area contributed by atoms with Gasteiger partial charge in [-0.3, -0.25) is 4.79 Å². The lowest BCUT2D eigenvalue weighted by atomic mass is 9.92. The van der Waals surface area contributed by atoms with Crippen LogP contribution in [0.25, 0.3) is 0 Å². The van der Waals surface area contributed by atoms with Crippen LogP contribution in [0.1, 0.15) is 27.2 Å². The van der Waals surface area contributed by atoms with E-state index in [9.17, 15) is 4.79 Å². The third-order valence-electron chi connectivity index (χ3n) is 2.09. The molecule has 11 heavy (non-hydrogen) atoms. The lowest BCUT2D eigenvalue weighted by Crippen LogP contribution is -2.05. The van der Waals surface area contributed by atoms with Gasteiger partial charge < -0.3 is 0 Å². The molecule has 0 aromatic heterocycles.